The van der Waals surface area contributed by atoms with Crippen molar-refractivity contribution in [2.75, 3.05) is 0 Å². The highest BCUT2D eigenvalue weighted by Gasteiger charge is 2.27. The van der Waals surface area contributed by atoms with E-state index in [4.69, 9.17) is 16.3 Å². The van der Waals surface area contributed by atoms with Crippen LogP contribution in [0.2, 0.25) is 5.02 Å². The second-order valence-electron chi connectivity index (χ2n) is 3.74. The van der Waals surface area contributed by atoms with Gasteiger partial charge in [-0.1, -0.05) is 42.7 Å². The van der Waals surface area contributed by atoms with Crippen LogP contribution in [0.5, 0.6) is 0 Å². The van der Waals surface area contributed by atoms with E-state index < -0.39 is 7.12 Å². The molecule has 2 atom stereocenters. The van der Waals surface area contributed by atoms with Crippen molar-refractivity contribution in [1.29, 1.82) is 0 Å². The summed E-state index contributed by atoms with van der Waals surface area (Å²) in [4.78, 5) is 0. The fourth-order valence-corrected chi connectivity index (χ4v) is 1.85. The van der Waals surface area contributed by atoms with Gasteiger partial charge in [-0.25, -0.2) is 0 Å². The Labute approximate surface area is 94.7 Å². The molecule has 0 spiro atoms. The van der Waals surface area contributed by atoms with Crippen molar-refractivity contribution in [3.05, 3.63) is 46.9 Å². The Balaban J connectivity index is 2.23. The molecular formula is C11H12BClO2. The summed E-state index contributed by atoms with van der Waals surface area (Å²) in [6.45, 7) is 2.06. The number of halogens is 1. The molecule has 0 amide bonds. The predicted molar refractivity (Wildman–Crippen MR) is 61.6 cm³/mol. The highest BCUT2D eigenvalue weighted by Crippen LogP contribution is 2.31. The molecule has 78 valence electrons. The molecule has 2 nitrogen and oxygen atoms in total. The molecule has 1 aromatic carbocycles. The summed E-state index contributed by atoms with van der Waals surface area (Å²) in [6.07, 6.45) is 1.87. The Morgan fingerprint density at radius 1 is 1.33 bits per heavy atom. The normalized spacial score (nSPS) is 25.7. The minimum atomic E-state index is -0.804. The van der Waals surface area contributed by atoms with Crippen LogP contribution in [0.25, 0.3) is 0 Å². The minimum absolute atomic E-state index is 0.0951. The second-order valence-corrected chi connectivity index (χ2v) is 4.18. The summed E-state index contributed by atoms with van der Waals surface area (Å²) < 4.78 is 5.45. The number of benzene rings is 1. The molecule has 1 N–H and O–H groups in total. The molecule has 0 aromatic heterocycles. The van der Waals surface area contributed by atoms with Gasteiger partial charge in [-0.15, -0.1) is 0 Å². The van der Waals surface area contributed by atoms with Crippen molar-refractivity contribution >= 4 is 18.7 Å². The first-order valence-electron chi connectivity index (χ1n) is 4.94. The third-order valence-corrected chi connectivity index (χ3v) is 2.79. The first-order valence-corrected chi connectivity index (χ1v) is 5.32. The van der Waals surface area contributed by atoms with Crippen molar-refractivity contribution in [1.82, 2.24) is 0 Å². The standard InChI is InChI=1S/C11H12BClO2/c1-8-6-7-12(14)15-11(8)9-2-4-10(13)5-3-9/h2-8,11,14H,1H3/t8-,11-/m1/s1. The van der Waals surface area contributed by atoms with Gasteiger partial charge in [-0.2, -0.15) is 0 Å². The lowest BCUT2D eigenvalue weighted by molar-refractivity contribution is 0.133. The summed E-state index contributed by atoms with van der Waals surface area (Å²) in [7, 11) is -0.804. The van der Waals surface area contributed by atoms with Crippen molar-refractivity contribution in [2.45, 2.75) is 13.0 Å². The second kappa shape index (κ2) is 4.39. The highest BCUT2D eigenvalue weighted by molar-refractivity contribution is 6.49. The van der Waals surface area contributed by atoms with E-state index in [1.54, 1.807) is 5.98 Å². The van der Waals surface area contributed by atoms with Gasteiger partial charge in [0.25, 0.3) is 0 Å². The predicted octanol–water partition coefficient (Wildman–Crippen LogP) is 2.62. The van der Waals surface area contributed by atoms with E-state index in [-0.39, 0.29) is 12.0 Å². The van der Waals surface area contributed by atoms with Crippen LogP contribution in [-0.2, 0) is 4.65 Å². The first-order chi connectivity index (χ1) is 7.16. The lowest BCUT2D eigenvalue weighted by Crippen LogP contribution is -2.27. The molecule has 1 aliphatic heterocycles. The van der Waals surface area contributed by atoms with Crippen molar-refractivity contribution in [2.24, 2.45) is 5.92 Å². The Morgan fingerprint density at radius 2 is 2.00 bits per heavy atom. The van der Waals surface area contributed by atoms with Gasteiger partial charge in [0, 0.05) is 10.9 Å². The van der Waals surface area contributed by atoms with E-state index in [9.17, 15) is 5.02 Å². The zero-order chi connectivity index (χ0) is 10.8. The van der Waals surface area contributed by atoms with Gasteiger partial charge in [0.2, 0.25) is 0 Å². The fourth-order valence-electron chi connectivity index (χ4n) is 1.73. The van der Waals surface area contributed by atoms with E-state index in [1.165, 1.54) is 0 Å². The van der Waals surface area contributed by atoms with Gasteiger partial charge in [0.05, 0.1) is 6.10 Å². The Morgan fingerprint density at radius 3 is 2.67 bits per heavy atom. The SMILES string of the molecule is C[C@@H]1C=CB(O)O[C@H]1c1ccc(Cl)cc1. The molecule has 1 heterocycles. The summed E-state index contributed by atoms with van der Waals surface area (Å²) in [6, 6.07) is 7.51. The van der Waals surface area contributed by atoms with Gasteiger partial charge >= 0.3 is 7.12 Å². The number of rotatable bonds is 1. The monoisotopic (exact) mass is 222 g/mol. The van der Waals surface area contributed by atoms with Crippen LogP contribution >= 0.6 is 11.6 Å². The number of hydrogen-bond donors (Lipinski definition) is 1. The van der Waals surface area contributed by atoms with Gasteiger partial charge in [-0.3, -0.25) is 0 Å². The molecule has 0 saturated carbocycles. The lowest BCUT2D eigenvalue weighted by Gasteiger charge is -2.27. The average molecular weight is 222 g/mol. The molecule has 0 radical (unpaired) electrons. The highest BCUT2D eigenvalue weighted by atomic mass is 35.5. The summed E-state index contributed by atoms with van der Waals surface area (Å²) in [5.74, 6) is 1.92. The van der Waals surface area contributed by atoms with Crippen LogP contribution in [0.3, 0.4) is 0 Å². The molecule has 4 heteroatoms. The van der Waals surface area contributed by atoms with Crippen LogP contribution in [0.1, 0.15) is 18.6 Å². The lowest BCUT2D eigenvalue weighted by atomic mass is 9.81. The van der Waals surface area contributed by atoms with Crippen molar-refractivity contribution < 1.29 is 9.68 Å². The third-order valence-electron chi connectivity index (χ3n) is 2.54. The third kappa shape index (κ3) is 2.43. The maximum absolute atomic E-state index is 9.38. The maximum Gasteiger partial charge on any atom is 0.483 e. The van der Waals surface area contributed by atoms with Crippen LogP contribution in [0, 0.1) is 5.92 Å². The quantitative estimate of drug-likeness (QED) is 0.740. The fraction of sp³-hybridized carbons (Fsp3) is 0.273. The van der Waals surface area contributed by atoms with Crippen LogP contribution in [0.15, 0.2) is 36.3 Å². The zero-order valence-electron chi connectivity index (χ0n) is 8.43. The largest absolute Gasteiger partial charge is 0.483 e. The Bertz CT molecular complexity index is 363. The minimum Gasteiger partial charge on any atom is -0.423 e. The summed E-state index contributed by atoms with van der Waals surface area (Å²) >= 11 is 5.81. The molecule has 1 aliphatic rings. The van der Waals surface area contributed by atoms with E-state index in [1.807, 2.05) is 30.3 Å². The van der Waals surface area contributed by atoms with Crippen molar-refractivity contribution in [3.63, 3.8) is 0 Å². The van der Waals surface area contributed by atoms with E-state index in [0.717, 1.165) is 5.56 Å². The topological polar surface area (TPSA) is 29.5 Å². The molecule has 0 fully saturated rings. The molecule has 0 aliphatic carbocycles. The van der Waals surface area contributed by atoms with Gasteiger partial charge in [0.15, 0.2) is 0 Å². The van der Waals surface area contributed by atoms with Crippen LogP contribution in [-0.4, -0.2) is 12.1 Å². The maximum atomic E-state index is 9.38. The molecule has 0 unspecified atom stereocenters. The molecule has 0 saturated heterocycles. The van der Waals surface area contributed by atoms with E-state index >= 15 is 0 Å². The van der Waals surface area contributed by atoms with E-state index in [0.29, 0.717) is 5.02 Å². The van der Waals surface area contributed by atoms with Gasteiger partial charge < -0.3 is 9.68 Å². The molecule has 15 heavy (non-hydrogen) atoms. The zero-order valence-corrected chi connectivity index (χ0v) is 9.19. The first kappa shape index (κ1) is 10.7. The molecular weight excluding hydrogens is 210 g/mol. The Kier molecular flexibility index (Phi) is 3.15. The molecule has 1 aromatic rings. The smallest absolute Gasteiger partial charge is 0.423 e. The van der Waals surface area contributed by atoms with Gasteiger partial charge in [0.1, 0.15) is 0 Å². The van der Waals surface area contributed by atoms with Crippen LogP contribution in [0.4, 0.5) is 0 Å². The molecule has 0 bridgehead atoms. The summed E-state index contributed by atoms with van der Waals surface area (Å²) in [5.41, 5.74) is 1.04. The van der Waals surface area contributed by atoms with Gasteiger partial charge in [-0.05, 0) is 17.7 Å². The van der Waals surface area contributed by atoms with Crippen molar-refractivity contribution in [3.8, 4) is 0 Å². The molecule has 2 rings (SSSR count). The summed E-state index contributed by atoms with van der Waals surface area (Å²) in [5, 5.41) is 10.1. The number of hydrogen-bond acceptors (Lipinski definition) is 2. The average Bonchev–Trinajstić information content (AvgIpc) is 2.23. The van der Waals surface area contributed by atoms with Crippen LogP contribution < -0.4 is 0 Å². The van der Waals surface area contributed by atoms with E-state index in [2.05, 4.69) is 6.92 Å². The Hall–Kier alpha value is -0.765.